The Bertz CT molecular complexity index is 901. The second kappa shape index (κ2) is 5.88. The van der Waals surface area contributed by atoms with Crippen LogP contribution in [0.2, 0.25) is 5.02 Å². The molecule has 134 valence electrons. The summed E-state index contributed by atoms with van der Waals surface area (Å²) in [6.07, 6.45) is 4.73. The van der Waals surface area contributed by atoms with Crippen LogP contribution in [0.3, 0.4) is 0 Å². The number of rotatable bonds is 2. The van der Waals surface area contributed by atoms with Crippen LogP contribution >= 0.6 is 11.6 Å². The molecular formula is C22H23ClN2O. The fourth-order valence-electron chi connectivity index (χ4n) is 4.26. The molecule has 4 rings (SSSR count). The molecule has 0 spiro atoms. The van der Waals surface area contributed by atoms with Gasteiger partial charge in [-0.3, -0.25) is 4.79 Å². The van der Waals surface area contributed by atoms with Gasteiger partial charge in [-0.25, -0.2) is 0 Å². The summed E-state index contributed by atoms with van der Waals surface area (Å²) in [5.74, 6) is 0.0969. The van der Waals surface area contributed by atoms with Crippen LogP contribution in [0.25, 0.3) is 6.08 Å². The number of nitrogens with one attached hydrogen (secondary N) is 1. The van der Waals surface area contributed by atoms with E-state index in [4.69, 9.17) is 11.6 Å². The van der Waals surface area contributed by atoms with Crippen molar-refractivity contribution in [1.82, 2.24) is 5.32 Å². The van der Waals surface area contributed by atoms with Crippen LogP contribution in [0.5, 0.6) is 0 Å². The van der Waals surface area contributed by atoms with Gasteiger partial charge in [0, 0.05) is 29.1 Å². The monoisotopic (exact) mass is 366 g/mol. The zero-order valence-electron chi connectivity index (χ0n) is 15.3. The summed E-state index contributed by atoms with van der Waals surface area (Å²) in [5.41, 5.74) is 3.96. The van der Waals surface area contributed by atoms with E-state index in [1.807, 2.05) is 24.3 Å². The Kier molecular flexibility index (Phi) is 3.89. The summed E-state index contributed by atoms with van der Waals surface area (Å²) in [6, 6.07) is 14.3. The van der Waals surface area contributed by atoms with Crippen LogP contribution in [-0.4, -0.2) is 18.1 Å². The van der Waals surface area contributed by atoms with Crippen molar-refractivity contribution in [2.45, 2.75) is 38.3 Å². The van der Waals surface area contributed by atoms with E-state index in [2.05, 4.69) is 61.3 Å². The molecule has 0 aromatic heterocycles. The quantitative estimate of drug-likeness (QED) is 0.837. The lowest BCUT2D eigenvalue weighted by Gasteiger charge is -2.49. The highest BCUT2D eigenvalue weighted by Gasteiger charge is 2.57. The first kappa shape index (κ1) is 17.2. The Balaban J connectivity index is 1.84. The third-order valence-corrected chi connectivity index (χ3v) is 6.03. The summed E-state index contributed by atoms with van der Waals surface area (Å²) in [4.78, 5) is 14.7. The minimum absolute atomic E-state index is 0.0969. The van der Waals surface area contributed by atoms with Gasteiger partial charge in [-0.05, 0) is 42.3 Å². The molecule has 26 heavy (non-hydrogen) atoms. The van der Waals surface area contributed by atoms with Crippen molar-refractivity contribution >= 4 is 29.3 Å². The SMILES string of the molecule is Cc1ccc2c(c1)C(C)(C)[C@@]1(/C=C/c3ccc(Cl)cc3)NC(=O)CCN21. The van der Waals surface area contributed by atoms with E-state index in [0.717, 1.165) is 17.1 Å². The van der Waals surface area contributed by atoms with E-state index in [1.54, 1.807) is 0 Å². The molecule has 1 N–H and O–H groups in total. The van der Waals surface area contributed by atoms with Crippen molar-refractivity contribution in [1.29, 1.82) is 0 Å². The zero-order chi connectivity index (χ0) is 18.5. The molecule has 0 aliphatic carbocycles. The average molecular weight is 367 g/mol. The molecule has 2 heterocycles. The highest BCUT2D eigenvalue weighted by Crippen LogP contribution is 2.52. The summed E-state index contributed by atoms with van der Waals surface area (Å²) in [5, 5.41) is 4.02. The Morgan fingerprint density at radius 3 is 2.62 bits per heavy atom. The molecule has 1 amide bonds. The summed E-state index contributed by atoms with van der Waals surface area (Å²) < 4.78 is 0. The van der Waals surface area contributed by atoms with Crippen molar-refractivity contribution in [2.75, 3.05) is 11.4 Å². The van der Waals surface area contributed by atoms with Crippen LogP contribution in [0.15, 0.2) is 48.5 Å². The van der Waals surface area contributed by atoms with E-state index in [-0.39, 0.29) is 11.3 Å². The van der Waals surface area contributed by atoms with Gasteiger partial charge in [-0.1, -0.05) is 61.4 Å². The number of carbonyl (C=O) groups is 1. The molecule has 2 aromatic carbocycles. The molecule has 0 saturated carbocycles. The summed E-state index contributed by atoms with van der Waals surface area (Å²) >= 11 is 6.00. The normalized spacial score (nSPS) is 23.7. The minimum Gasteiger partial charge on any atom is -0.344 e. The number of halogens is 1. The fourth-order valence-corrected chi connectivity index (χ4v) is 4.38. The molecule has 0 unspecified atom stereocenters. The Labute approximate surface area is 159 Å². The van der Waals surface area contributed by atoms with Gasteiger partial charge in [0.25, 0.3) is 0 Å². The Morgan fingerprint density at radius 1 is 1.15 bits per heavy atom. The van der Waals surface area contributed by atoms with Crippen molar-refractivity contribution in [3.8, 4) is 0 Å². The van der Waals surface area contributed by atoms with Gasteiger partial charge in [0.2, 0.25) is 5.91 Å². The summed E-state index contributed by atoms with van der Waals surface area (Å²) in [6.45, 7) is 7.25. The van der Waals surface area contributed by atoms with E-state index in [1.165, 1.54) is 16.8 Å². The molecule has 4 heteroatoms. The maximum absolute atomic E-state index is 12.4. The number of benzene rings is 2. The molecule has 0 radical (unpaired) electrons. The molecule has 1 atom stereocenters. The Morgan fingerprint density at radius 2 is 1.88 bits per heavy atom. The topological polar surface area (TPSA) is 32.3 Å². The lowest BCUT2D eigenvalue weighted by Crippen LogP contribution is -2.68. The van der Waals surface area contributed by atoms with Gasteiger partial charge in [-0.15, -0.1) is 0 Å². The van der Waals surface area contributed by atoms with E-state index in [0.29, 0.717) is 6.42 Å². The van der Waals surface area contributed by atoms with Crippen molar-refractivity contribution in [2.24, 2.45) is 0 Å². The zero-order valence-corrected chi connectivity index (χ0v) is 16.1. The molecule has 2 aromatic rings. The van der Waals surface area contributed by atoms with Gasteiger partial charge in [0.1, 0.15) is 5.66 Å². The number of amides is 1. The average Bonchev–Trinajstić information content (AvgIpc) is 2.79. The number of anilines is 1. The smallest absolute Gasteiger partial charge is 0.223 e. The molecule has 3 nitrogen and oxygen atoms in total. The minimum atomic E-state index is -0.571. The van der Waals surface area contributed by atoms with Crippen LogP contribution in [0.1, 0.15) is 37.0 Å². The van der Waals surface area contributed by atoms with E-state index < -0.39 is 5.66 Å². The largest absolute Gasteiger partial charge is 0.344 e. The van der Waals surface area contributed by atoms with E-state index >= 15 is 0 Å². The number of fused-ring (bicyclic) bond motifs is 3. The summed E-state index contributed by atoms with van der Waals surface area (Å²) in [7, 11) is 0. The van der Waals surface area contributed by atoms with Gasteiger partial charge in [-0.2, -0.15) is 0 Å². The second-order valence-corrected chi connectivity index (χ2v) is 8.18. The van der Waals surface area contributed by atoms with Crippen molar-refractivity contribution in [3.63, 3.8) is 0 Å². The van der Waals surface area contributed by atoms with Gasteiger partial charge in [0.05, 0.1) is 0 Å². The van der Waals surface area contributed by atoms with Gasteiger partial charge >= 0.3 is 0 Å². The molecule has 0 bridgehead atoms. The highest BCUT2D eigenvalue weighted by molar-refractivity contribution is 6.30. The molecule has 1 fully saturated rings. The predicted octanol–water partition coefficient (Wildman–Crippen LogP) is 4.68. The second-order valence-electron chi connectivity index (χ2n) is 7.75. The van der Waals surface area contributed by atoms with Crippen LogP contribution in [0, 0.1) is 6.92 Å². The van der Waals surface area contributed by atoms with Gasteiger partial charge in [0.15, 0.2) is 0 Å². The first-order valence-corrected chi connectivity index (χ1v) is 9.36. The number of nitrogens with zero attached hydrogens (tertiary/aromatic N) is 1. The first-order valence-electron chi connectivity index (χ1n) is 8.98. The first-order chi connectivity index (χ1) is 12.3. The van der Waals surface area contributed by atoms with Crippen molar-refractivity contribution < 1.29 is 4.79 Å². The van der Waals surface area contributed by atoms with Crippen LogP contribution < -0.4 is 10.2 Å². The molecule has 1 saturated heterocycles. The number of carbonyl (C=O) groups excluding carboxylic acids is 1. The maximum atomic E-state index is 12.4. The van der Waals surface area contributed by atoms with Gasteiger partial charge < -0.3 is 10.2 Å². The maximum Gasteiger partial charge on any atom is 0.223 e. The standard InChI is InChI=1S/C22H23ClN2O/c1-15-4-9-19-18(14-15)21(2,3)22(24-20(26)11-13-25(19)22)12-10-16-5-7-17(23)8-6-16/h4-10,12,14H,11,13H2,1-3H3,(H,24,26)/b12-10+/t22-/m0/s1. The van der Waals surface area contributed by atoms with Crippen molar-refractivity contribution in [3.05, 3.63) is 70.3 Å². The number of hydrogen-bond donors (Lipinski definition) is 1. The lowest BCUT2D eigenvalue weighted by atomic mass is 9.74. The Hall–Kier alpha value is -2.26. The lowest BCUT2D eigenvalue weighted by molar-refractivity contribution is -0.124. The van der Waals surface area contributed by atoms with Crippen LogP contribution in [-0.2, 0) is 10.2 Å². The van der Waals surface area contributed by atoms with Crippen LogP contribution in [0.4, 0.5) is 5.69 Å². The predicted molar refractivity (Wildman–Crippen MR) is 108 cm³/mol. The third-order valence-electron chi connectivity index (χ3n) is 5.77. The number of aryl methyl sites for hydroxylation is 1. The molecule has 2 aliphatic heterocycles. The highest BCUT2D eigenvalue weighted by atomic mass is 35.5. The van der Waals surface area contributed by atoms with E-state index in [9.17, 15) is 4.79 Å². The fraction of sp³-hybridized carbons (Fsp3) is 0.318. The third kappa shape index (κ3) is 2.45. The number of hydrogen-bond acceptors (Lipinski definition) is 2. The molecule has 2 aliphatic rings. The molecular weight excluding hydrogens is 344 g/mol.